The number of hydrogen-bond donors (Lipinski definition) is 3. The molecular formula is C19H20N2O2. The Bertz CT molecular complexity index is 867. The number of aromatic amines is 1. The van der Waals surface area contributed by atoms with Crippen LogP contribution in [0.3, 0.4) is 0 Å². The van der Waals surface area contributed by atoms with Crippen molar-refractivity contribution >= 4 is 10.8 Å². The molecule has 23 heavy (non-hydrogen) atoms. The lowest BCUT2D eigenvalue weighted by Crippen LogP contribution is -2.13. The zero-order valence-electron chi connectivity index (χ0n) is 13.1. The molecule has 3 rings (SSSR count). The van der Waals surface area contributed by atoms with E-state index in [9.17, 15) is 9.90 Å². The van der Waals surface area contributed by atoms with Crippen LogP contribution in [0.2, 0.25) is 0 Å². The summed E-state index contributed by atoms with van der Waals surface area (Å²) in [5, 5.41) is 14.6. The Hall–Kier alpha value is -2.59. The van der Waals surface area contributed by atoms with Gasteiger partial charge in [-0.15, -0.1) is 0 Å². The average molecular weight is 308 g/mol. The molecule has 1 aromatic heterocycles. The fraction of sp³-hybridized carbons (Fsp3) is 0.211. The Morgan fingerprint density at radius 1 is 1.13 bits per heavy atom. The third-order valence-electron chi connectivity index (χ3n) is 3.92. The van der Waals surface area contributed by atoms with Gasteiger partial charge in [-0.25, -0.2) is 0 Å². The molecule has 0 radical (unpaired) electrons. The van der Waals surface area contributed by atoms with E-state index in [1.807, 2.05) is 12.1 Å². The fourth-order valence-electron chi connectivity index (χ4n) is 2.74. The third-order valence-corrected chi connectivity index (χ3v) is 3.92. The number of aromatic hydroxyl groups is 1. The second-order valence-electron chi connectivity index (χ2n) is 5.60. The van der Waals surface area contributed by atoms with Crippen LogP contribution in [-0.2, 0) is 6.54 Å². The summed E-state index contributed by atoms with van der Waals surface area (Å²) in [5.74, 6) is 0.122. The lowest BCUT2D eigenvalue weighted by molar-refractivity contribution is 0.481. The number of nitrogens with one attached hydrogen (secondary N) is 2. The van der Waals surface area contributed by atoms with Crippen LogP contribution in [0.5, 0.6) is 5.75 Å². The van der Waals surface area contributed by atoms with Crippen LogP contribution in [0.15, 0.2) is 53.5 Å². The zero-order chi connectivity index (χ0) is 16.2. The lowest BCUT2D eigenvalue weighted by atomic mass is 9.99. The molecule has 2 aromatic carbocycles. The zero-order valence-corrected chi connectivity index (χ0v) is 13.1. The van der Waals surface area contributed by atoms with E-state index in [1.54, 1.807) is 24.4 Å². The molecule has 1 heterocycles. The number of aromatic nitrogens is 1. The van der Waals surface area contributed by atoms with Crippen molar-refractivity contribution in [1.29, 1.82) is 0 Å². The summed E-state index contributed by atoms with van der Waals surface area (Å²) in [4.78, 5) is 14.7. The Kier molecular flexibility index (Phi) is 4.44. The Morgan fingerprint density at radius 2 is 1.91 bits per heavy atom. The SMILES string of the molecule is CCCNCc1ccc(-c2c[nH]c(=O)c3cccc(O)c23)cc1. The van der Waals surface area contributed by atoms with Gasteiger partial charge in [0.05, 0.1) is 5.39 Å². The minimum atomic E-state index is -0.194. The van der Waals surface area contributed by atoms with Gasteiger partial charge in [0.15, 0.2) is 0 Å². The van der Waals surface area contributed by atoms with Crippen molar-refractivity contribution < 1.29 is 5.11 Å². The molecule has 0 saturated heterocycles. The van der Waals surface area contributed by atoms with E-state index in [0.717, 1.165) is 30.6 Å². The van der Waals surface area contributed by atoms with Crippen molar-refractivity contribution in [3.63, 3.8) is 0 Å². The molecule has 0 aliphatic heterocycles. The first-order valence-corrected chi connectivity index (χ1v) is 7.84. The third kappa shape index (κ3) is 3.12. The van der Waals surface area contributed by atoms with Crippen LogP contribution in [0.4, 0.5) is 0 Å². The number of H-pyrrole nitrogens is 1. The molecule has 3 aromatic rings. The molecule has 0 fully saturated rings. The van der Waals surface area contributed by atoms with Crippen molar-refractivity contribution in [3.05, 3.63) is 64.6 Å². The molecule has 0 aliphatic rings. The highest BCUT2D eigenvalue weighted by Gasteiger charge is 2.10. The highest BCUT2D eigenvalue weighted by molar-refractivity contribution is 5.99. The first-order chi connectivity index (χ1) is 11.2. The van der Waals surface area contributed by atoms with E-state index in [0.29, 0.717) is 10.8 Å². The fourth-order valence-corrected chi connectivity index (χ4v) is 2.74. The van der Waals surface area contributed by atoms with Gasteiger partial charge in [-0.2, -0.15) is 0 Å². The van der Waals surface area contributed by atoms with Gasteiger partial charge in [-0.05, 0) is 36.2 Å². The van der Waals surface area contributed by atoms with Gasteiger partial charge in [0.1, 0.15) is 5.75 Å². The first-order valence-electron chi connectivity index (χ1n) is 7.84. The normalized spacial score (nSPS) is 11.0. The second kappa shape index (κ2) is 6.67. The molecule has 0 spiro atoms. The molecule has 0 bridgehead atoms. The van der Waals surface area contributed by atoms with Crippen LogP contribution >= 0.6 is 0 Å². The van der Waals surface area contributed by atoms with E-state index < -0.39 is 0 Å². The number of fused-ring (bicyclic) bond motifs is 1. The maximum Gasteiger partial charge on any atom is 0.255 e. The molecule has 0 unspecified atom stereocenters. The standard InChI is InChI=1S/C19H20N2O2/c1-2-10-20-11-13-6-8-14(9-7-13)16-12-21-19(23)15-4-3-5-17(22)18(15)16/h3-9,12,20,22H,2,10-11H2,1H3,(H,21,23). The van der Waals surface area contributed by atoms with Crippen LogP contribution in [0.25, 0.3) is 21.9 Å². The molecule has 0 saturated carbocycles. The minimum Gasteiger partial charge on any atom is -0.507 e. The van der Waals surface area contributed by atoms with E-state index in [-0.39, 0.29) is 11.3 Å². The van der Waals surface area contributed by atoms with Gasteiger partial charge in [-0.1, -0.05) is 37.3 Å². The Balaban J connectivity index is 2.01. The average Bonchev–Trinajstić information content (AvgIpc) is 2.57. The number of phenols is 1. The number of benzene rings is 2. The molecule has 0 aliphatic carbocycles. The monoisotopic (exact) mass is 308 g/mol. The van der Waals surface area contributed by atoms with Gasteiger partial charge in [0.2, 0.25) is 0 Å². The molecule has 0 atom stereocenters. The van der Waals surface area contributed by atoms with Gasteiger partial charge < -0.3 is 15.4 Å². The predicted octanol–water partition coefficient (Wildman–Crippen LogP) is 3.40. The molecule has 118 valence electrons. The maximum absolute atomic E-state index is 11.9. The summed E-state index contributed by atoms with van der Waals surface area (Å²) in [6.07, 6.45) is 2.77. The van der Waals surface area contributed by atoms with E-state index >= 15 is 0 Å². The van der Waals surface area contributed by atoms with Gasteiger partial charge in [0, 0.05) is 23.7 Å². The van der Waals surface area contributed by atoms with Crippen molar-refractivity contribution in [3.8, 4) is 16.9 Å². The Morgan fingerprint density at radius 3 is 2.65 bits per heavy atom. The van der Waals surface area contributed by atoms with E-state index in [2.05, 4.69) is 29.4 Å². The van der Waals surface area contributed by atoms with Crippen molar-refractivity contribution in [2.75, 3.05) is 6.54 Å². The Labute approximate surface area is 134 Å². The van der Waals surface area contributed by atoms with Gasteiger partial charge >= 0.3 is 0 Å². The van der Waals surface area contributed by atoms with Crippen LogP contribution < -0.4 is 10.9 Å². The summed E-state index contributed by atoms with van der Waals surface area (Å²) in [6, 6.07) is 13.2. The van der Waals surface area contributed by atoms with Crippen LogP contribution in [-0.4, -0.2) is 16.6 Å². The van der Waals surface area contributed by atoms with Gasteiger partial charge in [-0.3, -0.25) is 4.79 Å². The quantitative estimate of drug-likeness (QED) is 0.633. The van der Waals surface area contributed by atoms with Gasteiger partial charge in [0.25, 0.3) is 5.56 Å². The molecular weight excluding hydrogens is 288 g/mol. The minimum absolute atomic E-state index is 0.122. The second-order valence-corrected chi connectivity index (χ2v) is 5.60. The van der Waals surface area contributed by atoms with Crippen molar-refractivity contribution in [2.24, 2.45) is 0 Å². The van der Waals surface area contributed by atoms with Crippen LogP contribution in [0, 0.1) is 0 Å². The van der Waals surface area contributed by atoms with E-state index in [1.165, 1.54) is 5.56 Å². The molecule has 3 N–H and O–H groups in total. The number of rotatable bonds is 5. The summed E-state index contributed by atoms with van der Waals surface area (Å²) in [7, 11) is 0. The number of pyridine rings is 1. The van der Waals surface area contributed by atoms with Crippen molar-refractivity contribution in [2.45, 2.75) is 19.9 Å². The molecule has 4 heteroatoms. The predicted molar refractivity (Wildman–Crippen MR) is 93.7 cm³/mol. The summed E-state index contributed by atoms with van der Waals surface area (Å²) >= 11 is 0. The molecule has 0 amide bonds. The molecule has 4 nitrogen and oxygen atoms in total. The first kappa shape index (κ1) is 15.3. The van der Waals surface area contributed by atoms with Crippen LogP contribution in [0.1, 0.15) is 18.9 Å². The number of hydrogen-bond acceptors (Lipinski definition) is 3. The van der Waals surface area contributed by atoms with E-state index in [4.69, 9.17) is 0 Å². The summed E-state index contributed by atoms with van der Waals surface area (Å²) in [6.45, 7) is 3.98. The topological polar surface area (TPSA) is 65.1 Å². The highest BCUT2D eigenvalue weighted by atomic mass is 16.3. The lowest BCUT2D eigenvalue weighted by Gasteiger charge is -2.09. The summed E-state index contributed by atoms with van der Waals surface area (Å²) < 4.78 is 0. The maximum atomic E-state index is 11.9. The summed E-state index contributed by atoms with van der Waals surface area (Å²) in [5.41, 5.74) is 2.80. The largest absolute Gasteiger partial charge is 0.507 e. The number of phenolic OH excluding ortho intramolecular Hbond substituents is 1. The smallest absolute Gasteiger partial charge is 0.255 e. The van der Waals surface area contributed by atoms with Crippen molar-refractivity contribution in [1.82, 2.24) is 10.3 Å². The highest BCUT2D eigenvalue weighted by Crippen LogP contribution is 2.32.